The molecule has 0 aliphatic rings. The minimum atomic E-state index is -0.649. The first kappa shape index (κ1) is 15.0. The molecule has 0 saturated carbocycles. The summed E-state index contributed by atoms with van der Waals surface area (Å²) in [6.07, 6.45) is 2.83. The molecule has 0 spiro atoms. The molecule has 1 atom stereocenters. The zero-order valence-electron chi connectivity index (χ0n) is 11.8. The predicted molar refractivity (Wildman–Crippen MR) is 74.6 cm³/mol. The monoisotopic (exact) mass is 253 g/mol. The molecule has 0 saturated heterocycles. The van der Waals surface area contributed by atoms with E-state index in [0.29, 0.717) is 11.1 Å². The molecule has 102 valence electrons. The molecule has 1 rings (SSSR count). The Labute approximate surface area is 109 Å². The molecule has 0 aromatic heterocycles. The normalized spacial score (nSPS) is 12.6. The molecule has 0 radical (unpaired) electrons. The van der Waals surface area contributed by atoms with Gasteiger partial charge in [0.25, 0.3) is 0 Å². The van der Waals surface area contributed by atoms with E-state index in [1.165, 1.54) is 18.9 Å². The van der Waals surface area contributed by atoms with Gasteiger partial charge in [0.2, 0.25) is 0 Å². The zero-order chi connectivity index (χ0) is 13.7. The number of anilines is 1. The number of benzene rings is 1. The van der Waals surface area contributed by atoms with Gasteiger partial charge in [-0.25, -0.2) is 4.39 Å². The Morgan fingerprint density at radius 2 is 2.00 bits per heavy atom. The van der Waals surface area contributed by atoms with Gasteiger partial charge in [-0.15, -0.1) is 0 Å². The van der Waals surface area contributed by atoms with Crippen molar-refractivity contribution in [1.29, 1.82) is 0 Å². The second-order valence-electron chi connectivity index (χ2n) is 4.96. The molecule has 18 heavy (non-hydrogen) atoms. The van der Waals surface area contributed by atoms with Gasteiger partial charge in [0.05, 0.1) is 6.10 Å². The molecule has 1 aromatic carbocycles. The fourth-order valence-electron chi connectivity index (χ4n) is 2.07. The topological polar surface area (TPSA) is 23.5 Å². The molecule has 0 heterocycles. The highest BCUT2D eigenvalue weighted by atomic mass is 19.1. The lowest BCUT2D eigenvalue weighted by Gasteiger charge is -2.24. The third-order valence-corrected chi connectivity index (χ3v) is 3.27. The summed E-state index contributed by atoms with van der Waals surface area (Å²) in [5.74, 6) is -0.253. The number of aryl methyl sites for hydroxylation is 1. The van der Waals surface area contributed by atoms with Gasteiger partial charge < -0.3 is 10.0 Å². The fraction of sp³-hybridized carbons (Fsp3) is 0.600. The summed E-state index contributed by atoms with van der Waals surface area (Å²) in [6, 6.07) is 3.27. The van der Waals surface area contributed by atoms with E-state index in [4.69, 9.17) is 0 Å². The zero-order valence-corrected chi connectivity index (χ0v) is 11.8. The van der Waals surface area contributed by atoms with Crippen molar-refractivity contribution in [3.8, 4) is 0 Å². The van der Waals surface area contributed by atoms with E-state index < -0.39 is 6.10 Å². The summed E-state index contributed by atoms with van der Waals surface area (Å²) in [5.41, 5.74) is 2.22. The number of rotatable bonds is 6. The molecule has 2 nitrogen and oxygen atoms in total. The highest BCUT2D eigenvalue weighted by molar-refractivity contribution is 5.56. The van der Waals surface area contributed by atoms with Gasteiger partial charge in [-0.05, 0) is 38.0 Å². The largest absolute Gasteiger partial charge is 0.389 e. The van der Waals surface area contributed by atoms with Crippen molar-refractivity contribution >= 4 is 5.69 Å². The van der Waals surface area contributed by atoms with Crippen LogP contribution in [0.3, 0.4) is 0 Å². The van der Waals surface area contributed by atoms with Crippen LogP contribution < -0.4 is 4.90 Å². The van der Waals surface area contributed by atoms with Gasteiger partial charge in [-0.1, -0.05) is 19.8 Å². The minimum absolute atomic E-state index is 0.253. The fourth-order valence-corrected chi connectivity index (χ4v) is 2.07. The van der Waals surface area contributed by atoms with Crippen molar-refractivity contribution in [2.45, 2.75) is 46.1 Å². The van der Waals surface area contributed by atoms with E-state index in [1.807, 2.05) is 13.1 Å². The van der Waals surface area contributed by atoms with Crippen molar-refractivity contribution < 1.29 is 9.50 Å². The lowest BCUT2D eigenvalue weighted by Crippen LogP contribution is -2.21. The second-order valence-corrected chi connectivity index (χ2v) is 4.96. The van der Waals surface area contributed by atoms with E-state index in [-0.39, 0.29) is 5.82 Å². The molecule has 0 amide bonds. The lowest BCUT2D eigenvalue weighted by molar-refractivity contribution is 0.199. The Bertz CT molecular complexity index is 390. The third-order valence-electron chi connectivity index (χ3n) is 3.27. The molecular weight excluding hydrogens is 229 g/mol. The van der Waals surface area contributed by atoms with Crippen LogP contribution in [0.2, 0.25) is 0 Å². The molecule has 0 aliphatic heterocycles. The highest BCUT2D eigenvalue weighted by Gasteiger charge is 2.14. The summed E-state index contributed by atoms with van der Waals surface area (Å²) in [5, 5.41) is 9.75. The summed E-state index contributed by atoms with van der Waals surface area (Å²) in [6.45, 7) is 6.53. The Morgan fingerprint density at radius 1 is 1.33 bits per heavy atom. The maximum atomic E-state index is 13.6. The van der Waals surface area contributed by atoms with Crippen LogP contribution in [0.25, 0.3) is 0 Å². The van der Waals surface area contributed by atoms with E-state index in [1.54, 1.807) is 13.8 Å². The Morgan fingerprint density at radius 3 is 2.56 bits per heavy atom. The van der Waals surface area contributed by atoms with E-state index >= 15 is 0 Å². The number of aliphatic hydroxyl groups is 1. The van der Waals surface area contributed by atoms with Crippen LogP contribution in [0.1, 0.15) is 50.3 Å². The summed E-state index contributed by atoms with van der Waals surface area (Å²) in [4.78, 5) is 2.10. The van der Waals surface area contributed by atoms with E-state index in [9.17, 15) is 9.50 Å². The Balaban J connectivity index is 2.94. The van der Waals surface area contributed by atoms with Gasteiger partial charge >= 0.3 is 0 Å². The number of halogens is 1. The second kappa shape index (κ2) is 6.74. The molecular formula is C15H24FNO. The smallest absolute Gasteiger partial charge is 0.126 e. The van der Waals surface area contributed by atoms with Gasteiger partial charge in [0.15, 0.2) is 0 Å². The minimum Gasteiger partial charge on any atom is -0.389 e. The first-order valence-corrected chi connectivity index (χ1v) is 6.66. The number of unbranched alkanes of at least 4 members (excludes halogenated alkanes) is 2. The molecule has 0 bridgehead atoms. The van der Waals surface area contributed by atoms with Crippen molar-refractivity contribution in [2.24, 2.45) is 0 Å². The van der Waals surface area contributed by atoms with E-state index in [0.717, 1.165) is 18.7 Å². The molecule has 1 N–H and O–H groups in total. The predicted octanol–water partition coefficient (Wildman–Crippen LogP) is 3.81. The van der Waals surface area contributed by atoms with E-state index in [2.05, 4.69) is 11.8 Å². The average molecular weight is 253 g/mol. The van der Waals surface area contributed by atoms with Crippen LogP contribution in [0.5, 0.6) is 0 Å². The lowest BCUT2D eigenvalue weighted by atomic mass is 10.0. The van der Waals surface area contributed by atoms with Crippen molar-refractivity contribution in [3.63, 3.8) is 0 Å². The molecule has 0 aliphatic carbocycles. The summed E-state index contributed by atoms with van der Waals surface area (Å²) < 4.78 is 13.6. The van der Waals surface area contributed by atoms with Crippen LogP contribution in [-0.4, -0.2) is 18.7 Å². The van der Waals surface area contributed by atoms with Crippen LogP contribution >= 0.6 is 0 Å². The quantitative estimate of drug-likeness (QED) is 0.779. The summed E-state index contributed by atoms with van der Waals surface area (Å²) >= 11 is 0. The van der Waals surface area contributed by atoms with Gasteiger partial charge in [0, 0.05) is 24.8 Å². The SMILES string of the molecule is CCCCCN(C)c1cc(C)c(F)cc1[C@H](C)O. The van der Waals surface area contributed by atoms with Crippen LogP contribution in [0.15, 0.2) is 12.1 Å². The van der Waals surface area contributed by atoms with Gasteiger partial charge in [0.1, 0.15) is 5.82 Å². The number of hydrogen-bond donors (Lipinski definition) is 1. The first-order chi connectivity index (χ1) is 8.47. The van der Waals surface area contributed by atoms with Crippen molar-refractivity contribution in [1.82, 2.24) is 0 Å². The Kier molecular flexibility index (Phi) is 5.60. The maximum absolute atomic E-state index is 13.6. The molecule has 0 unspecified atom stereocenters. The highest BCUT2D eigenvalue weighted by Crippen LogP contribution is 2.28. The summed E-state index contributed by atoms with van der Waals surface area (Å²) in [7, 11) is 1.99. The number of hydrogen-bond acceptors (Lipinski definition) is 2. The van der Waals surface area contributed by atoms with Crippen LogP contribution in [0, 0.1) is 12.7 Å². The Hall–Kier alpha value is -1.09. The number of aliphatic hydroxyl groups excluding tert-OH is 1. The molecule has 1 aromatic rings. The van der Waals surface area contributed by atoms with Crippen LogP contribution in [-0.2, 0) is 0 Å². The number of nitrogens with zero attached hydrogens (tertiary/aromatic N) is 1. The van der Waals surface area contributed by atoms with Crippen molar-refractivity contribution in [3.05, 3.63) is 29.1 Å². The van der Waals surface area contributed by atoms with Crippen molar-refractivity contribution in [2.75, 3.05) is 18.5 Å². The first-order valence-electron chi connectivity index (χ1n) is 6.66. The van der Waals surface area contributed by atoms with Gasteiger partial charge in [-0.3, -0.25) is 0 Å². The van der Waals surface area contributed by atoms with Crippen LogP contribution in [0.4, 0.5) is 10.1 Å². The average Bonchev–Trinajstić information content (AvgIpc) is 2.32. The molecule has 0 fully saturated rings. The van der Waals surface area contributed by atoms with Gasteiger partial charge in [-0.2, -0.15) is 0 Å². The third kappa shape index (κ3) is 3.70. The maximum Gasteiger partial charge on any atom is 0.126 e. The standard InChI is InChI=1S/C15H24FNO/c1-5-6-7-8-17(4)15-9-11(2)14(16)10-13(15)12(3)18/h9-10,12,18H,5-8H2,1-4H3/t12-/m0/s1. The molecule has 3 heteroatoms.